The first-order valence-corrected chi connectivity index (χ1v) is 6.75. The minimum Gasteiger partial charge on any atom is -0.481 e. The zero-order chi connectivity index (χ0) is 14.5. The molecule has 6 nitrogen and oxygen atoms in total. The highest BCUT2D eigenvalue weighted by Gasteiger charge is 2.48. The molecule has 0 bridgehead atoms. The summed E-state index contributed by atoms with van der Waals surface area (Å²) in [6, 6.07) is 5.02. The number of aryl methyl sites for hydroxylation is 1. The van der Waals surface area contributed by atoms with Gasteiger partial charge in [0.05, 0.1) is 11.8 Å². The molecule has 0 saturated heterocycles. The zero-order valence-corrected chi connectivity index (χ0v) is 11.1. The van der Waals surface area contributed by atoms with E-state index in [1.54, 1.807) is 16.8 Å². The van der Waals surface area contributed by atoms with Crippen LogP contribution in [0.5, 0.6) is 0 Å². The fourth-order valence-electron chi connectivity index (χ4n) is 2.15. The molecule has 1 saturated carbocycles. The summed E-state index contributed by atoms with van der Waals surface area (Å²) in [5, 5.41) is 11.5. The SMILES string of the molecule is O=C(NCCCCn1ccccc1=O)[C@H]1C[C@H]1C(=O)O. The van der Waals surface area contributed by atoms with Gasteiger partial charge in [0, 0.05) is 25.4 Å². The molecule has 0 unspecified atom stereocenters. The first kappa shape index (κ1) is 14.3. The van der Waals surface area contributed by atoms with Crippen molar-refractivity contribution in [3.8, 4) is 0 Å². The van der Waals surface area contributed by atoms with Gasteiger partial charge in [0.25, 0.3) is 0 Å². The summed E-state index contributed by atoms with van der Waals surface area (Å²) < 4.78 is 1.63. The summed E-state index contributed by atoms with van der Waals surface area (Å²) in [6.45, 7) is 1.14. The highest BCUT2D eigenvalue weighted by Crippen LogP contribution is 2.38. The highest BCUT2D eigenvalue weighted by molar-refractivity contribution is 5.89. The van der Waals surface area contributed by atoms with E-state index >= 15 is 0 Å². The Morgan fingerprint density at radius 3 is 2.75 bits per heavy atom. The van der Waals surface area contributed by atoms with E-state index in [2.05, 4.69) is 5.32 Å². The summed E-state index contributed by atoms with van der Waals surface area (Å²) in [5.41, 5.74) is -0.0289. The van der Waals surface area contributed by atoms with Crippen molar-refractivity contribution in [2.75, 3.05) is 6.54 Å². The smallest absolute Gasteiger partial charge is 0.307 e. The normalized spacial score (nSPS) is 20.4. The topological polar surface area (TPSA) is 88.4 Å². The van der Waals surface area contributed by atoms with Gasteiger partial charge in [0.1, 0.15) is 0 Å². The monoisotopic (exact) mass is 278 g/mol. The van der Waals surface area contributed by atoms with Gasteiger partial charge in [-0.05, 0) is 25.3 Å². The lowest BCUT2D eigenvalue weighted by molar-refractivity contribution is -0.140. The Hall–Kier alpha value is -2.11. The van der Waals surface area contributed by atoms with Crippen molar-refractivity contribution < 1.29 is 14.7 Å². The molecule has 1 fully saturated rings. The van der Waals surface area contributed by atoms with Crippen LogP contribution in [0.1, 0.15) is 19.3 Å². The molecule has 1 heterocycles. The van der Waals surface area contributed by atoms with E-state index in [4.69, 9.17) is 5.11 Å². The Labute approximate surface area is 116 Å². The van der Waals surface area contributed by atoms with E-state index in [0.29, 0.717) is 19.5 Å². The number of nitrogens with one attached hydrogen (secondary N) is 1. The van der Waals surface area contributed by atoms with E-state index in [1.165, 1.54) is 6.07 Å². The lowest BCUT2D eigenvalue weighted by atomic mass is 10.2. The van der Waals surface area contributed by atoms with E-state index in [-0.39, 0.29) is 17.4 Å². The molecule has 1 aliphatic rings. The fraction of sp³-hybridized carbons (Fsp3) is 0.500. The molecule has 1 aromatic rings. The van der Waals surface area contributed by atoms with E-state index in [1.807, 2.05) is 6.07 Å². The van der Waals surface area contributed by atoms with E-state index in [0.717, 1.165) is 12.8 Å². The third-order valence-corrected chi connectivity index (χ3v) is 3.47. The molecule has 1 amide bonds. The van der Waals surface area contributed by atoms with Gasteiger partial charge in [-0.3, -0.25) is 14.4 Å². The number of pyridine rings is 1. The number of carboxylic acid groups (broad SMARTS) is 1. The third kappa shape index (κ3) is 3.69. The summed E-state index contributed by atoms with van der Waals surface area (Å²) in [7, 11) is 0. The Morgan fingerprint density at radius 1 is 1.30 bits per heavy atom. The quantitative estimate of drug-likeness (QED) is 0.709. The van der Waals surface area contributed by atoms with Crippen molar-refractivity contribution in [1.29, 1.82) is 0 Å². The minimum atomic E-state index is -0.895. The van der Waals surface area contributed by atoms with Gasteiger partial charge in [-0.15, -0.1) is 0 Å². The second-order valence-corrected chi connectivity index (χ2v) is 5.02. The largest absolute Gasteiger partial charge is 0.481 e. The summed E-state index contributed by atoms with van der Waals surface area (Å²) >= 11 is 0. The predicted molar refractivity (Wildman–Crippen MR) is 72.2 cm³/mol. The number of hydrogen-bond acceptors (Lipinski definition) is 3. The van der Waals surface area contributed by atoms with Crippen LogP contribution in [0.4, 0.5) is 0 Å². The number of carbonyl (C=O) groups is 2. The van der Waals surface area contributed by atoms with Crippen molar-refractivity contribution in [3.63, 3.8) is 0 Å². The highest BCUT2D eigenvalue weighted by atomic mass is 16.4. The molecule has 0 radical (unpaired) electrons. The van der Waals surface area contributed by atoms with Gasteiger partial charge in [0.2, 0.25) is 11.5 Å². The molecule has 1 aromatic heterocycles. The number of carbonyl (C=O) groups excluding carboxylic acids is 1. The van der Waals surface area contributed by atoms with Crippen molar-refractivity contribution in [2.24, 2.45) is 11.8 Å². The molecular formula is C14H18N2O4. The average Bonchev–Trinajstić information content (AvgIpc) is 3.20. The second-order valence-electron chi connectivity index (χ2n) is 5.02. The fourth-order valence-corrected chi connectivity index (χ4v) is 2.15. The minimum absolute atomic E-state index is 0.0289. The Balaban J connectivity index is 1.61. The van der Waals surface area contributed by atoms with Gasteiger partial charge in [-0.25, -0.2) is 0 Å². The van der Waals surface area contributed by atoms with Crippen LogP contribution < -0.4 is 10.9 Å². The number of amides is 1. The van der Waals surface area contributed by atoms with Crippen LogP contribution in [-0.4, -0.2) is 28.1 Å². The number of rotatable bonds is 7. The van der Waals surface area contributed by atoms with Crippen LogP contribution in [-0.2, 0) is 16.1 Å². The number of carboxylic acids is 1. The number of aromatic nitrogens is 1. The first-order valence-electron chi connectivity index (χ1n) is 6.75. The van der Waals surface area contributed by atoms with Crippen molar-refractivity contribution in [3.05, 3.63) is 34.7 Å². The Morgan fingerprint density at radius 2 is 2.10 bits per heavy atom. The molecule has 1 aliphatic carbocycles. The van der Waals surface area contributed by atoms with Crippen LogP contribution >= 0.6 is 0 Å². The second kappa shape index (κ2) is 6.36. The first-order chi connectivity index (χ1) is 9.59. The van der Waals surface area contributed by atoms with Crippen molar-refractivity contribution in [2.45, 2.75) is 25.8 Å². The van der Waals surface area contributed by atoms with Crippen molar-refractivity contribution in [1.82, 2.24) is 9.88 Å². The zero-order valence-electron chi connectivity index (χ0n) is 11.1. The van der Waals surface area contributed by atoms with E-state index in [9.17, 15) is 14.4 Å². The number of hydrogen-bond donors (Lipinski definition) is 2. The maximum absolute atomic E-state index is 11.6. The summed E-state index contributed by atoms with van der Waals surface area (Å²) in [5.74, 6) is -1.93. The number of nitrogens with zero attached hydrogens (tertiary/aromatic N) is 1. The average molecular weight is 278 g/mol. The molecule has 108 valence electrons. The van der Waals surface area contributed by atoms with Crippen LogP contribution in [0.15, 0.2) is 29.2 Å². The molecule has 6 heteroatoms. The number of aliphatic carboxylic acids is 1. The summed E-state index contributed by atoms with van der Waals surface area (Å²) in [6.07, 6.45) is 3.73. The molecule has 2 rings (SSSR count). The Kier molecular flexibility index (Phi) is 4.55. The van der Waals surface area contributed by atoms with Gasteiger partial charge >= 0.3 is 5.97 Å². The number of unbranched alkanes of at least 4 members (excludes halogenated alkanes) is 1. The molecule has 20 heavy (non-hydrogen) atoms. The van der Waals surface area contributed by atoms with Gasteiger partial charge in [-0.1, -0.05) is 6.07 Å². The van der Waals surface area contributed by atoms with Gasteiger partial charge < -0.3 is 15.0 Å². The van der Waals surface area contributed by atoms with Crippen molar-refractivity contribution >= 4 is 11.9 Å². The maximum atomic E-state index is 11.6. The summed E-state index contributed by atoms with van der Waals surface area (Å²) in [4.78, 5) is 33.6. The maximum Gasteiger partial charge on any atom is 0.307 e. The molecule has 0 aromatic carbocycles. The lowest BCUT2D eigenvalue weighted by Gasteiger charge is -2.06. The predicted octanol–water partition coefficient (Wildman–Crippen LogP) is 0.465. The van der Waals surface area contributed by atoms with Crippen LogP contribution in [0.25, 0.3) is 0 Å². The van der Waals surface area contributed by atoms with Crippen LogP contribution in [0.2, 0.25) is 0 Å². The molecule has 2 N–H and O–H groups in total. The molecular weight excluding hydrogens is 260 g/mol. The molecule has 2 atom stereocenters. The standard InChI is InChI=1S/C14H18N2O4/c17-12-5-1-3-7-16(12)8-4-2-6-15-13(18)10-9-11(10)14(19)20/h1,3,5,7,10-11H,2,4,6,8-9H2,(H,15,18)(H,19,20)/t10-,11+/m0/s1. The van der Waals surface area contributed by atoms with Crippen LogP contribution in [0.3, 0.4) is 0 Å². The van der Waals surface area contributed by atoms with E-state index < -0.39 is 11.9 Å². The molecule has 0 aliphatic heterocycles. The molecule has 0 spiro atoms. The lowest BCUT2D eigenvalue weighted by Crippen LogP contribution is -2.27. The Bertz CT molecular complexity index is 552. The van der Waals surface area contributed by atoms with Crippen LogP contribution in [0, 0.1) is 11.8 Å². The van der Waals surface area contributed by atoms with Gasteiger partial charge in [0.15, 0.2) is 0 Å². The third-order valence-electron chi connectivity index (χ3n) is 3.47. The van der Waals surface area contributed by atoms with Gasteiger partial charge in [-0.2, -0.15) is 0 Å².